The summed E-state index contributed by atoms with van der Waals surface area (Å²) in [6.07, 6.45) is 9.83. The summed E-state index contributed by atoms with van der Waals surface area (Å²) in [5, 5.41) is 14.7. The summed E-state index contributed by atoms with van der Waals surface area (Å²) in [4.78, 5) is 0. The predicted molar refractivity (Wildman–Crippen MR) is 75.1 cm³/mol. The molecule has 3 rings (SSSR count). The third-order valence-corrected chi connectivity index (χ3v) is 3.62. The zero-order valence-electron chi connectivity index (χ0n) is 10.9. The molecule has 1 N–H and O–H groups in total. The molecule has 98 valence electrons. The molecule has 3 heteroatoms. The predicted octanol–water partition coefficient (Wildman–Crippen LogP) is 3.41. The Kier molecular flexibility index (Phi) is 3.47. The lowest BCUT2D eigenvalue weighted by Gasteiger charge is -2.17. The number of aliphatic hydroxyl groups is 1. The van der Waals surface area contributed by atoms with Crippen LogP contribution in [0.25, 0.3) is 5.69 Å². The lowest BCUT2D eigenvalue weighted by molar-refractivity contribution is 0.208. The van der Waals surface area contributed by atoms with E-state index in [9.17, 15) is 5.11 Å². The standard InChI is InChI=1S/C16H18N2O/c19-16(13-7-3-1-4-8-13)14-11-17-18(12-14)15-9-5-2-6-10-15/h2,5-7,9-12,16,19H,1,3-4,8H2. The second-order valence-corrected chi connectivity index (χ2v) is 4.98. The molecule has 0 spiro atoms. The molecule has 0 amide bonds. The van der Waals surface area contributed by atoms with E-state index in [-0.39, 0.29) is 0 Å². The van der Waals surface area contributed by atoms with E-state index in [0.29, 0.717) is 0 Å². The molecule has 1 atom stereocenters. The Morgan fingerprint density at radius 3 is 2.74 bits per heavy atom. The number of nitrogens with zero attached hydrogens (tertiary/aromatic N) is 2. The van der Waals surface area contributed by atoms with Crippen molar-refractivity contribution in [2.24, 2.45) is 0 Å². The molecule has 1 aliphatic rings. The van der Waals surface area contributed by atoms with Crippen molar-refractivity contribution in [1.82, 2.24) is 9.78 Å². The highest BCUT2D eigenvalue weighted by molar-refractivity contribution is 5.32. The molecule has 0 fully saturated rings. The number of para-hydroxylation sites is 1. The number of aliphatic hydroxyl groups excluding tert-OH is 1. The number of rotatable bonds is 3. The van der Waals surface area contributed by atoms with E-state index in [2.05, 4.69) is 11.2 Å². The Balaban J connectivity index is 1.83. The summed E-state index contributed by atoms with van der Waals surface area (Å²) >= 11 is 0. The van der Waals surface area contributed by atoms with Crippen LogP contribution >= 0.6 is 0 Å². The van der Waals surface area contributed by atoms with Gasteiger partial charge >= 0.3 is 0 Å². The summed E-state index contributed by atoms with van der Waals surface area (Å²) in [5.41, 5.74) is 3.02. The molecule has 1 heterocycles. The Morgan fingerprint density at radius 2 is 2.00 bits per heavy atom. The topological polar surface area (TPSA) is 38.1 Å². The van der Waals surface area contributed by atoms with Gasteiger partial charge in [-0.3, -0.25) is 0 Å². The second-order valence-electron chi connectivity index (χ2n) is 4.98. The third kappa shape index (κ3) is 2.61. The molecule has 19 heavy (non-hydrogen) atoms. The minimum Gasteiger partial charge on any atom is -0.384 e. The lowest BCUT2D eigenvalue weighted by atomic mass is 9.93. The SMILES string of the molecule is OC(C1=CCCCC1)c1cnn(-c2ccccc2)c1. The van der Waals surface area contributed by atoms with Crippen LogP contribution in [0.4, 0.5) is 0 Å². The molecule has 0 bridgehead atoms. The normalized spacial score (nSPS) is 17.0. The van der Waals surface area contributed by atoms with E-state index in [4.69, 9.17) is 0 Å². The first-order valence-corrected chi connectivity index (χ1v) is 6.81. The summed E-state index contributed by atoms with van der Waals surface area (Å²) in [7, 11) is 0. The summed E-state index contributed by atoms with van der Waals surface area (Å²) < 4.78 is 1.81. The highest BCUT2D eigenvalue weighted by Gasteiger charge is 2.17. The lowest BCUT2D eigenvalue weighted by Crippen LogP contribution is -2.04. The second kappa shape index (κ2) is 5.41. The van der Waals surface area contributed by atoms with Crippen LogP contribution in [-0.4, -0.2) is 14.9 Å². The Morgan fingerprint density at radius 1 is 1.16 bits per heavy atom. The van der Waals surface area contributed by atoms with Gasteiger partial charge in [0, 0.05) is 11.8 Å². The van der Waals surface area contributed by atoms with E-state index in [0.717, 1.165) is 29.7 Å². The van der Waals surface area contributed by atoms with Crippen molar-refractivity contribution in [3.8, 4) is 5.69 Å². The zero-order valence-corrected chi connectivity index (χ0v) is 10.9. The van der Waals surface area contributed by atoms with Crippen molar-refractivity contribution in [2.45, 2.75) is 31.8 Å². The van der Waals surface area contributed by atoms with Crippen LogP contribution in [0.1, 0.15) is 37.4 Å². The highest BCUT2D eigenvalue weighted by Crippen LogP contribution is 2.29. The first-order valence-electron chi connectivity index (χ1n) is 6.81. The Hall–Kier alpha value is -1.87. The maximum Gasteiger partial charge on any atom is 0.103 e. The minimum atomic E-state index is -0.502. The molecule has 0 saturated heterocycles. The van der Waals surface area contributed by atoms with Gasteiger partial charge in [-0.2, -0.15) is 5.10 Å². The summed E-state index contributed by atoms with van der Waals surface area (Å²) in [5.74, 6) is 0. The molecule has 0 radical (unpaired) electrons. The van der Waals surface area contributed by atoms with Gasteiger partial charge < -0.3 is 5.11 Å². The first kappa shape index (κ1) is 12.2. The van der Waals surface area contributed by atoms with Crippen molar-refractivity contribution in [1.29, 1.82) is 0 Å². The molecule has 0 aliphatic heterocycles. The van der Waals surface area contributed by atoms with Crippen molar-refractivity contribution in [3.63, 3.8) is 0 Å². The third-order valence-electron chi connectivity index (χ3n) is 3.62. The average Bonchev–Trinajstić information content (AvgIpc) is 2.98. The van der Waals surface area contributed by atoms with Crippen LogP contribution < -0.4 is 0 Å². The minimum absolute atomic E-state index is 0.502. The monoisotopic (exact) mass is 254 g/mol. The number of aromatic nitrogens is 2. The summed E-state index contributed by atoms with van der Waals surface area (Å²) in [6.45, 7) is 0. The maximum atomic E-state index is 10.4. The Bertz CT molecular complexity index is 571. The van der Waals surface area contributed by atoms with Crippen LogP contribution in [0.15, 0.2) is 54.4 Å². The van der Waals surface area contributed by atoms with Gasteiger partial charge in [-0.1, -0.05) is 24.3 Å². The van der Waals surface area contributed by atoms with Crippen LogP contribution in [-0.2, 0) is 0 Å². The molecule has 2 aromatic rings. The molecular formula is C16H18N2O. The zero-order chi connectivity index (χ0) is 13.1. The van der Waals surface area contributed by atoms with E-state index < -0.39 is 6.10 Å². The van der Waals surface area contributed by atoms with Crippen LogP contribution in [0.2, 0.25) is 0 Å². The molecule has 1 aromatic heterocycles. The largest absolute Gasteiger partial charge is 0.384 e. The van der Waals surface area contributed by atoms with E-state index >= 15 is 0 Å². The van der Waals surface area contributed by atoms with Crippen molar-refractivity contribution in [3.05, 3.63) is 59.9 Å². The van der Waals surface area contributed by atoms with Crippen molar-refractivity contribution >= 4 is 0 Å². The number of allylic oxidation sites excluding steroid dienone is 1. The molecule has 1 unspecified atom stereocenters. The molecule has 3 nitrogen and oxygen atoms in total. The average molecular weight is 254 g/mol. The fourth-order valence-electron chi connectivity index (χ4n) is 2.53. The first-order chi connectivity index (χ1) is 9.34. The van der Waals surface area contributed by atoms with E-state index in [1.807, 2.05) is 41.2 Å². The van der Waals surface area contributed by atoms with E-state index in [1.165, 1.54) is 12.8 Å². The maximum absolute atomic E-state index is 10.4. The van der Waals surface area contributed by atoms with Gasteiger partial charge in [-0.25, -0.2) is 4.68 Å². The quantitative estimate of drug-likeness (QED) is 0.852. The van der Waals surface area contributed by atoms with Crippen LogP contribution in [0, 0.1) is 0 Å². The van der Waals surface area contributed by atoms with Crippen LogP contribution in [0.5, 0.6) is 0 Å². The number of hydrogen-bond donors (Lipinski definition) is 1. The molecular weight excluding hydrogens is 236 g/mol. The van der Waals surface area contributed by atoms with Crippen molar-refractivity contribution in [2.75, 3.05) is 0 Å². The number of benzene rings is 1. The van der Waals surface area contributed by atoms with Gasteiger partial charge in [-0.15, -0.1) is 0 Å². The molecule has 1 aromatic carbocycles. The van der Waals surface area contributed by atoms with Gasteiger partial charge in [0.2, 0.25) is 0 Å². The van der Waals surface area contributed by atoms with Gasteiger partial charge in [0.15, 0.2) is 0 Å². The molecule has 1 aliphatic carbocycles. The van der Waals surface area contributed by atoms with Gasteiger partial charge in [0.05, 0.1) is 11.9 Å². The van der Waals surface area contributed by atoms with Gasteiger partial charge in [0.1, 0.15) is 6.10 Å². The Labute approximate surface area is 113 Å². The van der Waals surface area contributed by atoms with Crippen LogP contribution in [0.3, 0.4) is 0 Å². The number of hydrogen-bond acceptors (Lipinski definition) is 2. The van der Waals surface area contributed by atoms with E-state index in [1.54, 1.807) is 6.20 Å². The van der Waals surface area contributed by atoms with Crippen molar-refractivity contribution < 1.29 is 5.11 Å². The molecule has 0 saturated carbocycles. The highest BCUT2D eigenvalue weighted by atomic mass is 16.3. The summed E-state index contributed by atoms with van der Waals surface area (Å²) in [6, 6.07) is 9.95. The smallest absolute Gasteiger partial charge is 0.103 e. The van der Waals surface area contributed by atoms with Gasteiger partial charge in [-0.05, 0) is 43.4 Å². The fourth-order valence-corrected chi connectivity index (χ4v) is 2.53. The van der Waals surface area contributed by atoms with Gasteiger partial charge in [0.25, 0.3) is 0 Å². The fraction of sp³-hybridized carbons (Fsp3) is 0.312.